The van der Waals surface area contributed by atoms with E-state index in [-0.39, 0.29) is 24.4 Å². The van der Waals surface area contributed by atoms with Crippen molar-refractivity contribution in [2.45, 2.75) is 26.5 Å². The highest BCUT2D eigenvalue weighted by atomic mass is 16.5. The Hall–Kier alpha value is -3.80. The van der Waals surface area contributed by atoms with Crippen molar-refractivity contribution < 1.29 is 14.3 Å². The van der Waals surface area contributed by atoms with Crippen LogP contribution in [0.2, 0.25) is 0 Å². The lowest BCUT2D eigenvalue weighted by molar-refractivity contribution is -0.114. The van der Waals surface area contributed by atoms with Gasteiger partial charge in [0, 0.05) is 29.0 Å². The first-order chi connectivity index (χ1) is 15.0. The van der Waals surface area contributed by atoms with Crippen molar-refractivity contribution in [2.75, 3.05) is 17.2 Å². The maximum atomic E-state index is 12.3. The summed E-state index contributed by atoms with van der Waals surface area (Å²) in [5, 5.41) is 8.75. The first-order valence-corrected chi connectivity index (χ1v) is 10.2. The molecular weight excluding hydrogens is 390 g/mol. The van der Waals surface area contributed by atoms with Gasteiger partial charge in [0.15, 0.2) is 0 Å². The molecule has 6 heteroatoms. The van der Waals surface area contributed by atoms with Gasteiger partial charge in [-0.1, -0.05) is 36.4 Å². The lowest BCUT2D eigenvalue weighted by Gasteiger charge is -2.11. The molecule has 0 aliphatic heterocycles. The van der Waals surface area contributed by atoms with E-state index in [1.807, 2.05) is 68.4 Å². The van der Waals surface area contributed by atoms with Gasteiger partial charge in [0.1, 0.15) is 12.4 Å². The van der Waals surface area contributed by atoms with Crippen molar-refractivity contribution in [3.63, 3.8) is 0 Å². The highest BCUT2D eigenvalue weighted by Crippen LogP contribution is 2.18. The molecule has 0 aliphatic carbocycles. The van der Waals surface area contributed by atoms with Gasteiger partial charge in [0.2, 0.25) is 5.91 Å². The SMILES string of the molecule is CC(C)NC(=O)c1ccc(NC(=O)CNc2cccc(OCc3ccccc3)c2)cc1. The van der Waals surface area contributed by atoms with Gasteiger partial charge in [-0.25, -0.2) is 0 Å². The minimum atomic E-state index is -0.185. The Morgan fingerprint density at radius 3 is 2.32 bits per heavy atom. The zero-order valence-corrected chi connectivity index (χ0v) is 17.7. The van der Waals surface area contributed by atoms with Crippen molar-refractivity contribution >= 4 is 23.2 Å². The number of hydrogen-bond acceptors (Lipinski definition) is 4. The number of carbonyl (C=O) groups is 2. The Kier molecular flexibility index (Phi) is 7.65. The first-order valence-electron chi connectivity index (χ1n) is 10.2. The highest BCUT2D eigenvalue weighted by molar-refractivity contribution is 5.96. The van der Waals surface area contributed by atoms with E-state index in [2.05, 4.69) is 16.0 Å². The molecule has 0 atom stereocenters. The number of nitrogens with one attached hydrogen (secondary N) is 3. The van der Waals surface area contributed by atoms with E-state index in [0.717, 1.165) is 17.0 Å². The van der Waals surface area contributed by atoms with E-state index in [1.54, 1.807) is 24.3 Å². The zero-order valence-electron chi connectivity index (χ0n) is 17.7. The van der Waals surface area contributed by atoms with Gasteiger partial charge < -0.3 is 20.7 Å². The predicted molar refractivity (Wildman–Crippen MR) is 123 cm³/mol. The van der Waals surface area contributed by atoms with Crippen LogP contribution in [-0.2, 0) is 11.4 Å². The van der Waals surface area contributed by atoms with Gasteiger partial charge in [0.05, 0.1) is 6.54 Å². The van der Waals surface area contributed by atoms with Gasteiger partial charge in [-0.3, -0.25) is 9.59 Å². The molecule has 0 heterocycles. The zero-order chi connectivity index (χ0) is 22.1. The molecule has 2 amide bonds. The van der Waals surface area contributed by atoms with Crippen LogP contribution in [0.25, 0.3) is 0 Å². The third kappa shape index (κ3) is 7.19. The van der Waals surface area contributed by atoms with Gasteiger partial charge >= 0.3 is 0 Å². The second kappa shape index (κ2) is 10.8. The molecule has 160 valence electrons. The Labute approximate surface area is 182 Å². The number of carbonyl (C=O) groups excluding carboxylic acids is 2. The fourth-order valence-corrected chi connectivity index (χ4v) is 2.87. The third-order valence-electron chi connectivity index (χ3n) is 4.39. The van der Waals surface area contributed by atoms with Crippen LogP contribution in [-0.4, -0.2) is 24.4 Å². The molecule has 0 bridgehead atoms. The molecule has 3 aromatic rings. The minimum Gasteiger partial charge on any atom is -0.489 e. The van der Waals surface area contributed by atoms with Crippen molar-refractivity contribution in [1.29, 1.82) is 0 Å². The molecule has 6 nitrogen and oxygen atoms in total. The average Bonchev–Trinajstić information content (AvgIpc) is 2.77. The molecule has 0 saturated carbocycles. The number of amides is 2. The van der Waals surface area contributed by atoms with E-state index in [4.69, 9.17) is 4.74 Å². The number of hydrogen-bond donors (Lipinski definition) is 3. The summed E-state index contributed by atoms with van der Waals surface area (Å²) in [6.45, 7) is 4.41. The molecule has 0 fully saturated rings. The quantitative estimate of drug-likeness (QED) is 0.480. The number of anilines is 2. The summed E-state index contributed by atoms with van der Waals surface area (Å²) < 4.78 is 5.82. The fourth-order valence-electron chi connectivity index (χ4n) is 2.87. The van der Waals surface area contributed by atoms with Crippen LogP contribution >= 0.6 is 0 Å². The van der Waals surface area contributed by atoms with Crippen molar-refractivity contribution in [1.82, 2.24) is 5.32 Å². The van der Waals surface area contributed by atoms with Crippen LogP contribution in [0.1, 0.15) is 29.8 Å². The maximum absolute atomic E-state index is 12.3. The lowest BCUT2D eigenvalue weighted by Crippen LogP contribution is -2.30. The Morgan fingerprint density at radius 1 is 0.871 bits per heavy atom. The molecule has 0 unspecified atom stereocenters. The van der Waals surface area contributed by atoms with Gasteiger partial charge in [0.25, 0.3) is 5.91 Å². The molecule has 0 saturated heterocycles. The summed E-state index contributed by atoms with van der Waals surface area (Å²) in [7, 11) is 0. The first kappa shape index (κ1) is 21.9. The van der Waals surface area contributed by atoms with Gasteiger partial charge in [-0.2, -0.15) is 0 Å². The minimum absolute atomic E-state index is 0.0696. The van der Waals surface area contributed by atoms with Crippen molar-refractivity contribution in [3.8, 4) is 5.75 Å². The summed E-state index contributed by atoms with van der Waals surface area (Å²) in [6, 6.07) is 24.3. The van der Waals surface area contributed by atoms with Gasteiger partial charge in [-0.15, -0.1) is 0 Å². The molecule has 0 aromatic heterocycles. The van der Waals surface area contributed by atoms with E-state index < -0.39 is 0 Å². The van der Waals surface area contributed by atoms with E-state index in [1.165, 1.54) is 0 Å². The number of benzene rings is 3. The number of ether oxygens (including phenoxy) is 1. The topological polar surface area (TPSA) is 79.5 Å². The van der Waals surface area contributed by atoms with Crippen LogP contribution in [0.4, 0.5) is 11.4 Å². The summed E-state index contributed by atoms with van der Waals surface area (Å²) in [4.78, 5) is 24.2. The molecule has 3 rings (SSSR count). The van der Waals surface area contributed by atoms with Crippen molar-refractivity contribution in [3.05, 3.63) is 90.0 Å². The fraction of sp³-hybridized carbons (Fsp3) is 0.200. The number of rotatable bonds is 9. The molecule has 0 spiro atoms. The second-order valence-electron chi connectivity index (χ2n) is 7.41. The normalized spacial score (nSPS) is 10.4. The Balaban J connectivity index is 1.47. The smallest absolute Gasteiger partial charge is 0.251 e. The molecular formula is C25H27N3O3. The van der Waals surface area contributed by atoms with E-state index >= 15 is 0 Å². The highest BCUT2D eigenvalue weighted by Gasteiger charge is 2.08. The van der Waals surface area contributed by atoms with Crippen molar-refractivity contribution in [2.24, 2.45) is 0 Å². The predicted octanol–water partition coefficient (Wildman–Crippen LogP) is 4.45. The summed E-state index contributed by atoms with van der Waals surface area (Å²) in [6.07, 6.45) is 0. The third-order valence-corrected chi connectivity index (χ3v) is 4.39. The summed E-state index contributed by atoms with van der Waals surface area (Å²) in [5.74, 6) is 0.406. The van der Waals surface area contributed by atoms with Crippen LogP contribution in [0.15, 0.2) is 78.9 Å². The molecule has 0 aliphatic rings. The Bertz CT molecular complexity index is 1000. The molecule has 3 aromatic carbocycles. The van der Waals surface area contributed by atoms with Gasteiger partial charge in [-0.05, 0) is 55.8 Å². The van der Waals surface area contributed by atoms with Crippen LogP contribution < -0.4 is 20.7 Å². The summed E-state index contributed by atoms with van der Waals surface area (Å²) >= 11 is 0. The molecule has 0 radical (unpaired) electrons. The van der Waals surface area contributed by atoms with E-state index in [0.29, 0.717) is 17.9 Å². The van der Waals surface area contributed by atoms with E-state index in [9.17, 15) is 9.59 Å². The molecule has 3 N–H and O–H groups in total. The van der Waals surface area contributed by atoms with Crippen LogP contribution in [0.5, 0.6) is 5.75 Å². The van der Waals surface area contributed by atoms with Crippen LogP contribution in [0, 0.1) is 0 Å². The second-order valence-corrected chi connectivity index (χ2v) is 7.41. The Morgan fingerprint density at radius 2 is 1.61 bits per heavy atom. The maximum Gasteiger partial charge on any atom is 0.251 e. The monoisotopic (exact) mass is 417 g/mol. The van der Waals surface area contributed by atoms with Crippen LogP contribution in [0.3, 0.4) is 0 Å². The largest absolute Gasteiger partial charge is 0.489 e. The standard InChI is InChI=1S/C25H27N3O3/c1-18(2)27-25(30)20-11-13-21(14-12-20)28-24(29)16-26-22-9-6-10-23(15-22)31-17-19-7-4-3-5-8-19/h3-15,18,26H,16-17H2,1-2H3,(H,27,30)(H,28,29). The summed E-state index contributed by atoms with van der Waals surface area (Å²) in [5.41, 5.74) is 3.07. The molecule has 31 heavy (non-hydrogen) atoms. The lowest BCUT2D eigenvalue weighted by atomic mass is 10.2. The average molecular weight is 418 g/mol.